The number of aliphatic imine (C=N–C) groups is 1. The molecule has 7 heteroatoms. The first kappa shape index (κ1) is 21.2. The average Bonchev–Trinajstić information content (AvgIpc) is 3.31. The Morgan fingerprint density at radius 2 is 1.96 bits per heavy atom. The SMILES string of the molecule is CCNC(=NCC(=O)N(C)C)NCC1(c2ccccc2Br)CC1.I. The quantitative estimate of drug-likeness (QED) is 0.353. The highest BCUT2D eigenvalue weighted by molar-refractivity contribution is 14.0. The molecule has 0 unspecified atom stereocenters. The van der Waals surface area contributed by atoms with Crippen molar-refractivity contribution in [3.8, 4) is 0 Å². The fraction of sp³-hybridized carbons (Fsp3) is 0.529. The Morgan fingerprint density at radius 1 is 1.29 bits per heavy atom. The second kappa shape index (κ2) is 9.60. The van der Waals surface area contributed by atoms with Gasteiger partial charge in [-0.2, -0.15) is 0 Å². The predicted molar refractivity (Wildman–Crippen MR) is 113 cm³/mol. The van der Waals surface area contributed by atoms with Crippen molar-refractivity contribution in [3.05, 3.63) is 34.3 Å². The van der Waals surface area contributed by atoms with Crippen molar-refractivity contribution in [1.82, 2.24) is 15.5 Å². The molecule has 2 N–H and O–H groups in total. The van der Waals surface area contributed by atoms with Crippen LogP contribution in [0.15, 0.2) is 33.7 Å². The number of benzene rings is 1. The molecule has 1 fully saturated rings. The van der Waals surface area contributed by atoms with Crippen LogP contribution >= 0.6 is 39.9 Å². The Morgan fingerprint density at radius 3 is 2.50 bits per heavy atom. The molecule has 1 aromatic carbocycles. The first-order valence-electron chi connectivity index (χ1n) is 7.96. The molecule has 134 valence electrons. The molecule has 0 heterocycles. The van der Waals surface area contributed by atoms with Crippen LogP contribution in [0.4, 0.5) is 0 Å². The lowest BCUT2D eigenvalue weighted by molar-refractivity contribution is -0.127. The number of hydrogen-bond acceptors (Lipinski definition) is 2. The highest BCUT2D eigenvalue weighted by Gasteiger charge is 2.45. The van der Waals surface area contributed by atoms with Gasteiger partial charge in [-0.05, 0) is 31.4 Å². The molecule has 1 saturated carbocycles. The Labute approximate surface area is 169 Å². The number of amides is 1. The van der Waals surface area contributed by atoms with Gasteiger partial charge in [0.2, 0.25) is 5.91 Å². The maximum Gasteiger partial charge on any atom is 0.243 e. The topological polar surface area (TPSA) is 56.7 Å². The van der Waals surface area contributed by atoms with E-state index >= 15 is 0 Å². The second-order valence-electron chi connectivity index (χ2n) is 6.10. The highest BCUT2D eigenvalue weighted by Crippen LogP contribution is 2.49. The third kappa shape index (κ3) is 5.61. The van der Waals surface area contributed by atoms with Crippen molar-refractivity contribution in [2.45, 2.75) is 25.2 Å². The summed E-state index contributed by atoms with van der Waals surface area (Å²) in [6.07, 6.45) is 2.33. The van der Waals surface area contributed by atoms with Gasteiger partial charge in [0.25, 0.3) is 0 Å². The first-order valence-corrected chi connectivity index (χ1v) is 8.75. The van der Waals surface area contributed by atoms with Crippen LogP contribution < -0.4 is 10.6 Å². The Balaban J connectivity index is 0.00000288. The van der Waals surface area contributed by atoms with E-state index in [0.717, 1.165) is 17.6 Å². The van der Waals surface area contributed by atoms with Crippen LogP contribution in [0.25, 0.3) is 0 Å². The zero-order valence-corrected chi connectivity index (χ0v) is 18.4. The van der Waals surface area contributed by atoms with Gasteiger partial charge in [0.15, 0.2) is 5.96 Å². The van der Waals surface area contributed by atoms with Crippen LogP contribution in [0.3, 0.4) is 0 Å². The summed E-state index contributed by atoms with van der Waals surface area (Å²) in [5.74, 6) is 0.690. The molecule has 1 aromatic rings. The highest BCUT2D eigenvalue weighted by atomic mass is 127. The molecule has 0 atom stereocenters. The number of rotatable bonds is 6. The Kier molecular flexibility index (Phi) is 8.49. The van der Waals surface area contributed by atoms with Crippen molar-refractivity contribution in [2.24, 2.45) is 4.99 Å². The third-order valence-electron chi connectivity index (χ3n) is 4.11. The van der Waals surface area contributed by atoms with Gasteiger partial charge in [0.05, 0.1) is 0 Å². The number of carbonyl (C=O) groups excluding carboxylic acids is 1. The zero-order valence-electron chi connectivity index (χ0n) is 14.4. The number of hydrogen-bond donors (Lipinski definition) is 2. The maximum atomic E-state index is 11.7. The van der Waals surface area contributed by atoms with Gasteiger partial charge < -0.3 is 15.5 Å². The molecule has 0 spiro atoms. The summed E-state index contributed by atoms with van der Waals surface area (Å²) < 4.78 is 1.16. The van der Waals surface area contributed by atoms with Crippen molar-refractivity contribution in [1.29, 1.82) is 0 Å². The summed E-state index contributed by atoms with van der Waals surface area (Å²) >= 11 is 3.65. The molecular formula is C17H26BrIN4O. The number of nitrogens with one attached hydrogen (secondary N) is 2. The number of nitrogens with zero attached hydrogens (tertiary/aromatic N) is 2. The van der Waals surface area contributed by atoms with Crippen LogP contribution in [0, 0.1) is 0 Å². The lowest BCUT2D eigenvalue weighted by Gasteiger charge is -2.20. The normalized spacial score (nSPS) is 15.2. The van der Waals surface area contributed by atoms with E-state index in [1.807, 2.05) is 13.0 Å². The summed E-state index contributed by atoms with van der Waals surface area (Å²) in [5, 5.41) is 6.59. The average molecular weight is 509 g/mol. The van der Waals surface area contributed by atoms with Crippen LogP contribution in [0.5, 0.6) is 0 Å². The minimum atomic E-state index is -0.00542. The minimum absolute atomic E-state index is 0. The van der Waals surface area contributed by atoms with Crippen molar-refractivity contribution < 1.29 is 4.79 Å². The largest absolute Gasteiger partial charge is 0.357 e. The lowest BCUT2D eigenvalue weighted by Crippen LogP contribution is -2.42. The van der Waals surface area contributed by atoms with Crippen LogP contribution in [0.2, 0.25) is 0 Å². The maximum absolute atomic E-state index is 11.7. The molecule has 0 radical (unpaired) electrons. The van der Waals surface area contributed by atoms with Crippen molar-refractivity contribution in [2.75, 3.05) is 33.7 Å². The van der Waals surface area contributed by atoms with Crippen LogP contribution in [0.1, 0.15) is 25.3 Å². The molecule has 1 aliphatic rings. The fourth-order valence-electron chi connectivity index (χ4n) is 2.47. The number of likely N-dealkylation sites (N-methyl/N-ethyl adjacent to an activating group) is 1. The van der Waals surface area contributed by atoms with Crippen LogP contribution in [-0.2, 0) is 10.2 Å². The zero-order chi connectivity index (χ0) is 16.9. The van der Waals surface area contributed by atoms with E-state index in [-0.39, 0.29) is 41.8 Å². The number of guanidine groups is 1. The van der Waals surface area contributed by atoms with Crippen molar-refractivity contribution >= 4 is 51.8 Å². The molecule has 5 nitrogen and oxygen atoms in total. The van der Waals surface area contributed by atoms with Gasteiger partial charge in [-0.3, -0.25) is 4.79 Å². The van der Waals surface area contributed by atoms with Gasteiger partial charge in [0, 0.05) is 37.1 Å². The molecule has 2 rings (SSSR count). The summed E-state index contributed by atoms with van der Waals surface area (Å²) in [7, 11) is 3.48. The molecule has 0 saturated heterocycles. The lowest BCUT2D eigenvalue weighted by atomic mass is 9.96. The van der Waals surface area contributed by atoms with Gasteiger partial charge in [-0.25, -0.2) is 4.99 Å². The van der Waals surface area contributed by atoms with E-state index in [9.17, 15) is 4.79 Å². The number of halogens is 2. The number of carbonyl (C=O) groups is 1. The standard InChI is InChI=1S/C17H25BrN4O.HI/c1-4-19-16(20-11-15(23)22(2)3)21-12-17(9-10-17)13-7-5-6-8-14(13)18;/h5-8H,4,9-12H2,1-3H3,(H2,19,20,21);1H. The second-order valence-corrected chi connectivity index (χ2v) is 6.95. The van der Waals surface area contributed by atoms with Gasteiger partial charge in [-0.1, -0.05) is 34.1 Å². The van der Waals surface area contributed by atoms with E-state index in [1.54, 1.807) is 19.0 Å². The van der Waals surface area contributed by atoms with E-state index in [0.29, 0.717) is 5.96 Å². The van der Waals surface area contributed by atoms with Gasteiger partial charge in [-0.15, -0.1) is 24.0 Å². The summed E-state index contributed by atoms with van der Waals surface area (Å²) in [6, 6.07) is 8.38. The molecule has 1 aliphatic carbocycles. The molecule has 0 bridgehead atoms. The first-order chi connectivity index (χ1) is 11.0. The summed E-state index contributed by atoms with van der Waals surface area (Å²) in [6.45, 7) is 3.76. The van der Waals surface area contributed by atoms with E-state index in [2.05, 4.69) is 49.8 Å². The van der Waals surface area contributed by atoms with E-state index in [1.165, 1.54) is 18.4 Å². The fourth-order valence-corrected chi connectivity index (χ4v) is 3.17. The summed E-state index contributed by atoms with van der Waals surface area (Å²) in [4.78, 5) is 17.6. The molecule has 0 aliphatic heterocycles. The molecule has 24 heavy (non-hydrogen) atoms. The monoisotopic (exact) mass is 508 g/mol. The van der Waals surface area contributed by atoms with Gasteiger partial charge in [0.1, 0.15) is 6.54 Å². The molecular weight excluding hydrogens is 483 g/mol. The molecule has 1 amide bonds. The minimum Gasteiger partial charge on any atom is -0.357 e. The van der Waals surface area contributed by atoms with Crippen molar-refractivity contribution in [3.63, 3.8) is 0 Å². The molecule has 0 aromatic heterocycles. The van der Waals surface area contributed by atoms with E-state index in [4.69, 9.17) is 0 Å². The predicted octanol–water partition coefficient (Wildman–Crippen LogP) is 2.74. The Hall–Kier alpha value is -0.830. The van der Waals surface area contributed by atoms with Crippen LogP contribution in [-0.4, -0.2) is 50.5 Å². The smallest absolute Gasteiger partial charge is 0.243 e. The Bertz CT molecular complexity index is 588. The summed E-state index contributed by atoms with van der Waals surface area (Å²) in [5.41, 5.74) is 1.51. The third-order valence-corrected chi connectivity index (χ3v) is 4.80. The van der Waals surface area contributed by atoms with E-state index < -0.39 is 0 Å². The van der Waals surface area contributed by atoms with Gasteiger partial charge >= 0.3 is 0 Å².